The number of hydrogen-bond acceptors (Lipinski definition) is 2. The molecule has 0 heterocycles. The highest BCUT2D eigenvalue weighted by Crippen LogP contribution is 2.27. The summed E-state index contributed by atoms with van der Waals surface area (Å²) < 4.78 is 14.3. The van der Waals surface area contributed by atoms with Gasteiger partial charge in [0.05, 0.1) is 6.04 Å². The smallest absolute Gasteiger partial charge is 0.124 e. The Kier molecular flexibility index (Phi) is 5.14. The van der Waals surface area contributed by atoms with Crippen molar-refractivity contribution in [2.24, 2.45) is 5.84 Å². The Labute approximate surface area is 133 Å². The Morgan fingerprint density at radius 1 is 1.10 bits per heavy atom. The van der Waals surface area contributed by atoms with E-state index >= 15 is 0 Å². The number of aryl methyl sites for hydroxylation is 3. The lowest BCUT2D eigenvalue weighted by molar-refractivity contribution is 0.543. The SMILES string of the molecule is Cc1cc(C)c(C(Cc2cc(F)cc(Br)c2)NN)c(C)c1. The summed E-state index contributed by atoms with van der Waals surface area (Å²) in [6.45, 7) is 6.25. The molecular weight excluding hydrogens is 331 g/mol. The molecule has 2 aromatic carbocycles. The number of hydrazine groups is 1. The third kappa shape index (κ3) is 3.90. The molecule has 4 heteroatoms. The van der Waals surface area contributed by atoms with Gasteiger partial charge in [0.25, 0.3) is 0 Å². The van der Waals surface area contributed by atoms with E-state index in [1.54, 1.807) is 6.07 Å². The molecule has 0 fully saturated rings. The molecule has 0 radical (unpaired) electrons. The van der Waals surface area contributed by atoms with E-state index in [2.05, 4.69) is 54.3 Å². The second-order valence-electron chi connectivity index (χ2n) is 5.51. The van der Waals surface area contributed by atoms with Gasteiger partial charge in [0.15, 0.2) is 0 Å². The fourth-order valence-corrected chi connectivity index (χ4v) is 3.46. The molecule has 3 N–H and O–H groups in total. The van der Waals surface area contributed by atoms with Gasteiger partial charge in [-0.15, -0.1) is 0 Å². The van der Waals surface area contributed by atoms with Crippen LogP contribution in [0.2, 0.25) is 0 Å². The maximum atomic E-state index is 13.5. The van der Waals surface area contributed by atoms with Crippen LogP contribution in [0.25, 0.3) is 0 Å². The predicted molar refractivity (Wildman–Crippen MR) is 88.5 cm³/mol. The Bertz CT molecular complexity index is 612. The molecule has 0 spiro atoms. The van der Waals surface area contributed by atoms with Crippen LogP contribution in [0.15, 0.2) is 34.8 Å². The summed E-state index contributed by atoms with van der Waals surface area (Å²) in [5.41, 5.74) is 8.59. The molecule has 0 aliphatic heterocycles. The van der Waals surface area contributed by atoms with Crippen LogP contribution in [0.4, 0.5) is 4.39 Å². The number of rotatable bonds is 4. The van der Waals surface area contributed by atoms with Crippen LogP contribution in [-0.4, -0.2) is 0 Å². The normalized spacial score (nSPS) is 12.5. The number of benzene rings is 2. The van der Waals surface area contributed by atoms with E-state index in [1.807, 2.05) is 6.07 Å². The molecule has 0 aliphatic carbocycles. The minimum absolute atomic E-state index is 0.0423. The molecule has 21 heavy (non-hydrogen) atoms. The summed E-state index contributed by atoms with van der Waals surface area (Å²) in [6, 6.07) is 9.18. The van der Waals surface area contributed by atoms with Crippen LogP contribution in [0.1, 0.15) is 33.9 Å². The Balaban J connectivity index is 2.36. The van der Waals surface area contributed by atoms with Gasteiger partial charge in [0.2, 0.25) is 0 Å². The lowest BCUT2D eigenvalue weighted by Crippen LogP contribution is -2.30. The number of nitrogens with one attached hydrogen (secondary N) is 1. The van der Waals surface area contributed by atoms with Crippen molar-refractivity contribution in [2.45, 2.75) is 33.2 Å². The monoisotopic (exact) mass is 350 g/mol. The summed E-state index contributed by atoms with van der Waals surface area (Å²) in [6.07, 6.45) is 0.637. The molecule has 2 rings (SSSR count). The van der Waals surface area contributed by atoms with Crippen molar-refractivity contribution in [1.82, 2.24) is 5.43 Å². The van der Waals surface area contributed by atoms with Gasteiger partial charge in [-0.1, -0.05) is 33.6 Å². The average molecular weight is 351 g/mol. The van der Waals surface area contributed by atoms with E-state index in [0.717, 1.165) is 10.0 Å². The topological polar surface area (TPSA) is 38.0 Å². The van der Waals surface area contributed by atoms with Gasteiger partial charge in [0.1, 0.15) is 5.82 Å². The average Bonchev–Trinajstić information content (AvgIpc) is 2.35. The van der Waals surface area contributed by atoms with Crippen molar-refractivity contribution < 1.29 is 4.39 Å². The minimum atomic E-state index is -0.243. The van der Waals surface area contributed by atoms with E-state index in [4.69, 9.17) is 5.84 Å². The molecule has 0 bridgehead atoms. The first-order chi connectivity index (χ1) is 9.90. The lowest BCUT2D eigenvalue weighted by Gasteiger charge is -2.22. The van der Waals surface area contributed by atoms with Gasteiger partial charge < -0.3 is 0 Å². The Morgan fingerprint density at radius 2 is 1.71 bits per heavy atom. The summed E-state index contributed by atoms with van der Waals surface area (Å²) in [5, 5.41) is 0. The molecule has 0 aliphatic rings. The third-order valence-electron chi connectivity index (χ3n) is 3.65. The molecule has 112 valence electrons. The minimum Gasteiger partial charge on any atom is -0.271 e. The zero-order valence-corrected chi connectivity index (χ0v) is 14.1. The van der Waals surface area contributed by atoms with Gasteiger partial charge in [-0.25, -0.2) is 4.39 Å². The zero-order chi connectivity index (χ0) is 15.6. The molecule has 0 saturated carbocycles. The molecule has 2 aromatic rings. The van der Waals surface area contributed by atoms with Crippen molar-refractivity contribution in [3.63, 3.8) is 0 Å². The second-order valence-corrected chi connectivity index (χ2v) is 6.43. The summed E-state index contributed by atoms with van der Waals surface area (Å²) in [4.78, 5) is 0. The second kappa shape index (κ2) is 6.69. The maximum absolute atomic E-state index is 13.5. The molecule has 1 atom stereocenters. The summed E-state index contributed by atoms with van der Waals surface area (Å²) >= 11 is 3.33. The van der Waals surface area contributed by atoms with Gasteiger partial charge in [-0.05, 0) is 67.6 Å². The summed E-state index contributed by atoms with van der Waals surface area (Å²) in [7, 11) is 0. The first kappa shape index (κ1) is 16.1. The quantitative estimate of drug-likeness (QED) is 0.638. The van der Waals surface area contributed by atoms with Crippen LogP contribution in [-0.2, 0) is 6.42 Å². The zero-order valence-electron chi connectivity index (χ0n) is 12.5. The summed E-state index contributed by atoms with van der Waals surface area (Å²) in [5.74, 6) is 5.51. The first-order valence-corrected chi connectivity index (χ1v) is 7.69. The van der Waals surface area contributed by atoms with E-state index in [1.165, 1.54) is 28.3 Å². The van der Waals surface area contributed by atoms with Gasteiger partial charge >= 0.3 is 0 Å². The molecule has 0 amide bonds. The van der Waals surface area contributed by atoms with Crippen LogP contribution in [0.3, 0.4) is 0 Å². The number of halogens is 2. The van der Waals surface area contributed by atoms with Gasteiger partial charge in [-0.3, -0.25) is 11.3 Å². The van der Waals surface area contributed by atoms with Crippen molar-refractivity contribution in [3.05, 3.63) is 68.4 Å². The molecule has 0 aromatic heterocycles. The highest BCUT2D eigenvalue weighted by atomic mass is 79.9. The van der Waals surface area contributed by atoms with Crippen molar-refractivity contribution in [2.75, 3.05) is 0 Å². The third-order valence-corrected chi connectivity index (χ3v) is 4.11. The van der Waals surface area contributed by atoms with E-state index in [-0.39, 0.29) is 11.9 Å². The molecular formula is C17H20BrFN2. The van der Waals surface area contributed by atoms with Crippen LogP contribution in [0.5, 0.6) is 0 Å². The Morgan fingerprint density at radius 3 is 2.24 bits per heavy atom. The largest absolute Gasteiger partial charge is 0.271 e. The van der Waals surface area contributed by atoms with Gasteiger partial charge in [-0.2, -0.15) is 0 Å². The van der Waals surface area contributed by atoms with Crippen molar-refractivity contribution in [3.8, 4) is 0 Å². The van der Waals surface area contributed by atoms with Crippen LogP contribution in [0, 0.1) is 26.6 Å². The lowest BCUT2D eigenvalue weighted by atomic mass is 9.91. The van der Waals surface area contributed by atoms with Crippen LogP contribution >= 0.6 is 15.9 Å². The molecule has 0 saturated heterocycles. The predicted octanol–water partition coefficient (Wildman–Crippen LogP) is 4.26. The number of hydrogen-bond donors (Lipinski definition) is 2. The highest BCUT2D eigenvalue weighted by Gasteiger charge is 2.16. The van der Waals surface area contributed by atoms with E-state index < -0.39 is 0 Å². The highest BCUT2D eigenvalue weighted by molar-refractivity contribution is 9.10. The van der Waals surface area contributed by atoms with Crippen molar-refractivity contribution in [1.29, 1.82) is 0 Å². The van der Waals surface area contributed by atoms with Gasteiger partial charge in [0, 0.05) is 4.47 Å². The maximum Gasteiger partial charge on any atom is 0.124 e. The molecule has 2 nitrogen and oxygen atoms in total. The molecule has 1 unspecified atom stereocenters. The number of nitrogens with two attached hydrogens (primary N) is 1. The first-order valence-electron chi connectivity index (χ1n) is 6.89. The van der Waals surface area contributed by atoms with E-state index in [0.29, 0.717) is 6.42 Å². The van der Waals surface area contributed by atoms with E-state index in [9.17, 15) is 4.39 Å². The fourth-order valence-electron chi connectivity index (χ4n) is 2.95. The van der Waals surface area contributed by atoms with Crippen molar-refractivity contribution >= 4 is 15.9 Å². The standard InChI is InChI=1S/C17H20BrFN2/c1-10-4-11(2)17(12(3)5-10)16(21-20)8-13-6-14(18)9-15(19)7-13/h4-7,9,16,21H,8,20H2,1-3H3. The Hall–Kier alpha value is -1.23. The van der Waals surface area contributed by atoms with Crippen LogP contribution < -0.4 is 11.3 Å². The fraction of sp³-hybridized carbons (Fsp3) is 0.294.